The van der Waals surface area contributed by atoms with Crippen molar-refractivity contribution < 1.29 is 9.18 Å². The van der Waals surface area contributed by atoms with Crippen molar-refractivity contribution >= 4 is 22.4 Å². The Bertz CT molecular complexity index is 1160. The van der Waals surface area contributed by atoms with Crippen LogP contribution in [0.1, 0.15) is 31.7 Å². The molecule has 1 heterocycles. The number of anilines is 1. The zero-order chi connectivity index (χ0) is 20.9. The predicted molar refractivity (Wildman–Crippen MR) is 114 cm³/mol. The molecule has 6 nitrogen and oxygen atoms in total. The van der Waals surface area contributed by atoms with E-state index in [1.165, 1.54) is 11.0 Å². The molecule has 0 spiro atoms. The molecule has 1 N–H and O–H groups in total. The topological polar surface area (TPSA) is 74.8 Å². The quantitative estimate of drug-likeness (QED) is 0.477. The smallest absolute Gasteiger partial charge is 0.227 e. The van der Waals surface area contributed by atoms with Crippen LogP contribution in [-0.4, -0.2) is 26.5 Å². The van der Waals surface area contributed by atoms with Crippen LogP contribution in [0.3, 0.4) is 0 Å². The summed E-state index contributed by atoms with van der Waals surface area (Å²) >= 11 is 0. The van der Waals surface area contributed by atoms with Crippen LogP contribution in [0.5, 0.6) is 0 Å². The molecule has 4 rings (SSSR count). The van der Waals surface area contributed by atoms with Crippen molar-refractivity contribution in [1.82, 2.24) is 20.6 Å². The minimum atomic E-state index is -0.461. The van der Waals surface area contributed by atoms with Crippen molar-refractivity contribution in [2.45, 2.75) is 32.7 Å². The number of halogens is 1. The van der Waals surface area contributed by atoms with Gasteiger partial charge in [0.05, 0.1) is 12.2 Å². The first-order valence-electron chi connectivity index (χ1n) is 9.97. The molecule has 1 aromatic heterocycles. The van der Waals surface area contributed by atoms with Gasteiger partial charge in [0.15, 0.2) is 5.82 Å². The largest absolute Gasteiger partial charge is 0.305 e. The molecule has 0 saturated heterocycles. The fraction of sp³-hybridized carbons (Fsp3) is 0.217. The number of aromatic nitrogens is 4. The fourth-order valence-corrected chi connectivity index (χ4v) is 3.44. The third-order valence-corrected chi connectivity index (χ3v) is 5.06. The molecule has 0 aliphatic rings. The molecule has 0 fully saturated rings. The van der Waals surface area contributed by atoms with Crippen molar-refractivity contribution in [3.63, 3.8) is 0 Å². The van der Waals surface area contributed by atoms with Gasteiger partial charge in [0.25, 0.3) is 0 Å². The van der Waals surface area contributed by atoms with E-state index in [0.717, 1.165) is 29.2 Å². The van der Waals surface area contributed by atoms with E-state index in [9.17, 15) is 9.18 Å². The molecular weight excluding hydrogens is 381 g/mol. The summed E-state index contributed by atoms with van der Waals surface area (Å²) in [5, 5.41) is 15.9. The van der Waals surface area contributed by atoms with E-state index in [2.05, 4.69) is 20.6 Å². The summed E-state index contributed by atoms with van der Waals surface area (Å²) in [5.41, 5.74) is 1.77. The number of H-pyrrole nitrogens is 1. The molecule has 7 heteroatoms. The summed E-state index contributed by atoms with van der Waals surface area (Å²) in [6.07, 6.45) is 2.00. The van der Waals surface area contributed by atoms with Gasteiger partial charge in [-0.2, -0.15) is 0 Å². The van der Waals surface area contributed by atoms with Gasteiger partial charge in [0.2, 0.25) is 5.91 Å². The van der Waals surface area contributed by atoms with Gasteiger partial charge in [0.1, 0.15) is 5.82 Å². The molecule has 0 unspecified atom stereocenters. The highest BCUT2D eigenvalue weighted by molar-refractivity contribution is 5.94. The Balaban J connectivity index is 1.72. The lowest BCUT2D eigenvalue weighted by atomic mass is 10.1. The minimum absolute atomic E-state index is 0.114. The summed E-state index contributed by atoms with van der Waals surface area (Å²) in [6, 6.07) is 18.6. The number of nitrogens with zero attached hydrogens (tertiary/aromatic N) is 4. The maximum absolute atomic E-state index is 14.8. The number of carbonyl (C=O) groups excluding carboxylic acids is 1. The van der Waals surface area contributed by atoms with Crippen molar-refractivity contribution in [2.75, 3.05) is 4.90 Å². The van der Waals surface area contributed by atoms with Crippen molar-refractivity contribution in [1.29, 1.82) is 0 Å². The van der Waals surface area contributed by atoms with E-state index in [0.29, 0.717) is 17.8 Å². The van der Waals surface area contributed by atoms with E-state index < -0.39 is 5.82 Å². The summed E-state index contributed by atoms with van der Waals surface area (Å²) in [7, 11) is 0. The minimum Gasteiger partial charge on any atom is -0.305 e. The number of hydrogen-bond donors (Lipinski definition) is 1. The fourth-order valence-electron chi connectivity index (χ4n) is 3.44. The highest BCUT2D eigenvalue weighted by atomic mass is 19.1. The van der Waals surface area contributed by atoms with Gasteiger partial charge in [-0.05, 0) is 57.4 Å². The SMILES string of the molecule is CCCCC(=O)N(Cc1ccc2ccccc2c1)c1cc(-c2nnn[nH]2)ccc1F. The molecule has 3 aromatic carbocycles. The Hall–Kier alpha value is -3.61. The lowest BCUT2D eigenvalue weighted by Crippen LogP contribution is -2.31. The third kappa shape index (κ3) is 4.20. The van der Waals surface area contributed by atoms with Crippen molar-refractivity contribution in [3.05, 3.63) is 72.0 Å². The summed E-state index contributed by atoms with van der Waals surface area (Å²) in [5.74, 6) is -0.156. The number of unbranched alkanes of at least 4 members (excludes halogenated alkanes) is 1. The van der Waals surface area contributed by atoms with Crippen LogP contribution in [0.2, 0.25) is 0 Å². The second kappa shape index (κ2) is 8.82. The monoisotopic (exact) mass is 403 g/mol. The molecule has 30 heavy (non-hydrogen) atoms. The molecular formula is C23H22FN5O. The van der Waals surface area contributed by atoms with Crippen LogP contribution in [0, 0.1) is 5.82 Å². The molecule has 0 atom stereocenters. The first kappa shape index (κ1) is 19.7. The van der Waals surface area contributed by atoms with Gasteiger partial charge in [-0.25, -0.2) is 9.49 Å². The summed E-state index contributed by atoms with van der Waals surface area (Å²) in [4.78, 5) is 14.5. The first-order chi connectivity index (χ1) is 14.7. The zero-order valence-corrected chi connectivity index (χ0v) is 16.7. The number of nitrogens with one attached hydrogen (secondary N) is 1. The molecule has 4 aromatic rings. The average molecular weight is 403 g/mol. The van der Waals surface area contributed by atoms with E-state index in [4.69, 9.17) is 0 Å². The van der Waals surface area contributed by atoms with Crippen LogP contribution >= 0.6 is 0 Å². The van der Waals surface area contributed by atoms with Crippen LogP contribution in [-0.2, 0) is 11.3 Å². The van der Waals surface area contributed by atoms with Crippen molar-refractivity contribution in [3.8, 4) is 11.4 Å². The van der Waals surface area contributed by atoms with Gasteiger partial charge in [0, 0.05) is 12.0 Å². The molecule has 0 radical (unpaired) electrons. The van der Waals surface area contributed by atoms with Crippen LogP contribution in [0.15, 0.2) is 60.7 Å². The number of rotatable bonds is 7. The van der Waals surface area contributed by atoms with Crippen molar-refractivity contribution in [2.24, 2.45) is 0 Å². The van der Waals surface area contributed by atoms with Gasteiger partial charge < -0.3 is 4.90 Å². The lowest BCUT2D eigenvalue weighted by molar-refractivity contribution is -0.118. The van der Waals surface area contributed by atoms with E-state index in [1.54, 1.807) is 12.1 Å². The van der Waals surface area contributed by atoms with Crippen LogP contribution in [0.25, 0.3) is 22.2 Å². The number of aromatic amines is 1. The standard InChI is InChI=1S/C23H22FN5O/c1-2-3-8-22(30)29(15-16-9-10-17-6-4-5-7-18(17)13-16)21-14-19(11-12-20(21)24)23-25-27-28-26-23/h4-7,9-14H,2-3,8,15H2,1H3,(H,25,26,27,28). The Kier molecular flexibility index (Phi) is 5.79. The Labute approximate surface area is 173 Å². The third-order valence-electron chi connectivity index (χ3n) is 5.06. The van der Waals surface area contributed by atoms with Gasteiger partial charge in [-0.15, -0.1) is 5.10 Å². The first-order valence-corrected chi connectivity index (χ1v) is 9.97. The zero-order valence-electron chi connectivity index (χ0n) is 16.7. The second-order valence-electron chi connectivity index (χ2n) is 7.18. The number of tetrazole rings is 1. The number of fused-ring (bicyclic) bond motifs is 1. The maximum Gasteiger partial charge on any atom is 0.227 e. The van der Waals surface area contributed by atoms with E-state index >= 15 is 0 Å². The highest BCUT2D eigenvalue weighted by Gasteiger charge is 2.21. The summed E-state index contributed by atoms with van der Waals surface area (Å²) < 4.78 is 14.8. The Morgan fingerprint density at radius 1 is 1.07 bits per heavy atom. The molecule has 0 bridgehead atoms. The maximum atomic E-state index is 14.8. The number of carbonyl (C=O) groups is 1. The Morgan fingerprint density at radius 2 is 1.90 bits per heavy atom. The summed E-state index contributed by atoms with van der Waals surface area (Å²) in [6.45, 7) is 2.31. The van der Waals surface area contributed by atoms with Gasteiger partial charge in [-0.1, -0.05) is 49.7 Å². The molecule has 1 amide bonds. The van der Waals surface area contributed by atoms with Crippen LogP contribution in [0.4, 0.5) is 10.1 Å². The average Bonchev–Trinajstić information content (AvgIpc) is 3.31. The number of hydrogen-bond acceptors (Lipinski definition) is 4. The molecule has 0 aliphatic heterocycles. The number of benzene rings is 3. The van der Waals surface area contributed by atoms with Crippen LogP contribution < -0.4 is 4.90 Å². The predicted octanol–water partition coefficient (Wildman–Crippen LogP) is 4.88. The normalized spacial score (nSPS) is 11.0. The Morgan fingerprint density at radius 3 is 2.67 bits per heavy atom. The molecule has 152 valence electrons. The second-order valence-corrected chi connectivity index (χ2v) is 7.18. The number of amides is 1. The highest BCUT2D eigenvalue weighted by Crippen LogP contribution is 2.28. The van der Waals surface area contributed by atoms with Gasteiger partial charge >= 0.3 is 0 Å². The lowest BCUT2D eigenvalue weighted by Gasteiger charge is -2.24. The molecule has 0 saturated carbocycles. The van der Waals surface area contributed by atoms with E-state index in [1.807, 2.05) is 49.4 Å². The van der Waals surface area contributed by atoms with Gasteiger partial charge in [-0.3, -0.25) is 4.79 Å². The molecule has 0 aliphatic carbocycles. The van der Waals surface area contributed by atoms with E-state index in [-0.39, 0.29) is 18.1 Å².